The number of nitrogens with zero attached hydrogens (tertiary/aromatic N) is 3. The van der Waals surface area contributed by atoms with Crippen LogP contribution in [0.4, 0.5) is 5.69 Å². The molecule has 9 unspecified atom stereocenters. The number of phenols is 2. The van der Waals surface area contributed by atoms with Gasteiger partial charge in [-0.05, 0) is 25.8 Å². The van der Waals surface area contributed by atoms with Crippen molar-refractivity contribution in [1.29, 1.82) is 0 Å². The van der Waals surface area contributed by atoms with E-state index in [0.29, 0.717) is 31.8 Å². The topological polar surface area (TPSA) is 220 Å². The second-order valence-corrected chi connectivity index (χ2v) is 17.7. The number of likely N-dealkylation sites (tertiary alicyclic amines) is 1. The number of phenolic OH excluding ortho intramolecular Hbond substituents is 2. The minimum absolute atomic E-state index is 0.00150. The fraction of sp³-hybridized carbons (Fsp3) is 0.578. The van der Waals surface area contributed by atoms with Crippen molar-refractivity contribution in [2.24, 2.45) is 39.6 Å². The highest BCUT2D eigenvalue weighted by atomic mass is 16.7. The normalized spacial score (nSPS) is 33.0. The van der Waals surface area contributed by atoms with E-state index in [-0.39, 0.29) is 49.6 Å². The van der Waals surface area contributed by atoms with Crippen LogP contribution in [0.3, 0.4) is 0 Å². The first-order chi connectivity index (χ1) is 28.1. The molecule has 2 aromatic carbocycles. The molecule has 1 spiro atoms. The molecule has 0 aliphatic carbocycles. The van der Waals surface area contributed by atoms with Crippen molar-refractivity contribution in [3.63, 3.8) is 0 Å². The highest BCUT2D eigenvalue weighted by Crippen LogP contribution is 2.50. The Labute approximate surface area is 350 Å². The molecule has 15 nitrogen and oxygen atoms in total. The monoisotopic (exact) mass is 832 g/mol. The first-order valence-electron chi connectivity index (χ1n) is 20.8. The quantitative estimate of drug-likeness (QED) is 0.190. The number of anilines is 1. The molecule has 4 bridgehead atoms. The predicted octanol–water partition coefficient (Wildman–Crippen LogP) is 4.10. The van der Waals surface area contributed by atoms with E-state index in [4.69, 9.17) is 24.2 Å². The maximum absolute atomic E-state index is 14.6. The lowest BCUT2D eigenvalue weighted by atomic mass is 9.78. The molecule has 15 heteroatoms. The summed E-state index contributed by atoms with van der Waals surface area (Å²) in [6.07, 6.45) is 3.75. The third-order valence-electron chi connectivity index (χ3n) is 12.6. The number of allylic oxidation sites excluding steroid dienone is 2. The zero-order valence-corrected chi connectivity index (χ0v) is 36.1. The molecule has 4 aliphatic rings. The van der Waals surface area contributed by atoms with Gasteiger partial charge >= 0.3 is 11.8 Å². The molecule has 0 saturated carbocycles. The molecule has 326 valence electrons. The Kier molecular flexibility index (Phi) is 12.6. The van der Waals surface area contributed by atoms with Crippen LogP contribution in [0.25, 0.3) is 10.8 Å². The average Bonchev–Trinajstić information content (AvgIpc) is 3.69. The molecule has 0 aromatic heterocycles. The number of hydrogen-bond acceptors (Lipinski definition) is 14. The van der Waals surface area contributed by atoms with Crippen LogP contribution in [-0.4, -0.2) is 104 Å². The lowest BCUT2D eigenvalue weighted by molar-refractivity contribution is -0.159. The predicted molar refractivity (Wildman–Crippen MR) is 223 cm³/mol. The van der Waals surface area contributed by atoms with Crippen LogP contribution in [0.15, 0.2) is 46.1 Å². The number of ketones is 1. The van der Waals surface area contributed by atoms with Crippen LogP contribution < -0.4 is 20.8 Å². The number of nitrogens with one attached hydrogen (secondary N) is 1. The van der Waals surface area contributed by atoms with Crippen LogP contribution in [0.5, 0.6) is 17.2 Å². The van der Waals surface area contributed by atoms with Gasteiger partial charge in [-0.2, -0.15) is 0 Å². The minimum Gasteiger partial charge on any atom is -0.507 e. The molecule has 1 amide bonds. The van der Waals surface area contributed by atoms with E-state index >= 15 is 0 Å². The molecule has 0 radical (unpaired) electrons. The summed E-state index contributed by atoms with van der Waals surface area (Å²) in [4.78, 5) is 53.3. The lowest BCUT2D eigenvalue weighted by Gasteiger charge is -2.37. The number of carbonyl (C=O) groups is 3. The smallest absolute Gasteiger partial charge is 0.312 e. The van der Waals surface area contributed by atoms with Crippen molar-refractivity contribution in [2.75, 3.05) is 25.0 Å². The molecule has 9 atom stereocenters. The van der Waals surface area contributed by atoms with Gasteiger partial charge in [0, 0.05) is 86.5 Å². The Morgan fingerprint density at radius 2 is 1.60 bits per heavy atom. The molecule has 4 heterocycles. The summed E-state index contributed by atoms with van der Waals surface area (Å²) in [5.41, 5.74) is -0.676. The van der Waals surface area contributed by atoms with E-state index in [0.717, 1.165) is 12.8 Å². The number of amides is 1. The van der Waals surface area contributed by atoms with Gasteiger partial charge in [-0.1, -0.05) is 59.8 Å². The van der Waals surface area contributed by atoms with E-state index in [2.05, 4.69) is 24.1 Å². The van der Waals surface area contributed by atoms with Gasteiger partial charge in [0.2, 0.25) is 0 Å². The molecule has 1 fully saturated rings. The zero-order chi connectivity index (χ0) is 44.2. The number of carbonyl (C=O) groups excluding carboxylic acids is 3. The highest BCUT2D eigenvalue weighted by molar-refractivity contribution is 6.19. The summed E-state index contributed by atoms with van der Waals surface area (Å²) in [5.74, 6) is -7.08. The average molecular weight is 833 g/mol. The van der Waals surface area contributed by atoms with E-state index in [1.54, 1.807) is 52.8 Å². The number of ether oxygens (including phenoxy) is 3. The first kappa shape index (κ1) is 44.7. The number of rotatable bonds is 3. The van der Waals surface area contributed by atoms with Gasteiger partial charge < -0.3 is 50.0 Å². The molecular weight excluding hydrogens is 773 g/mol. The van der Waals surface area contributed by atoms with Crippen molar-refractivity contribution in [2.45, 2.75) is 118 Å². The summed E-state index contributed by atoms with van der Waals surface area (Å²) in [6.45, 7) is 19.0. The van der Waals surface area contributed by atoms with E-state index in [1.807, 2.05) is 0 Å². The minimum atomic E-state index is -2.01. The molecule has 6 rings (SSSR count). The van der Waals surface area contributed by atoms with Gasteiger partial charge in [-0.25, -0.2) is 0 Å². The van der Waals surface area contributed by atoms with Gasteiger partial charge in [0.15, 0.2) is 11.4 Å². The van der Waals surface area contributed by atoms with E-state index in [1.165, 1.54) is 26.8 Å². The standard InChI is InChI=1S/C45H60N4O11/c1-21(2)20-49-17-15-45(16-18-49)47-33-30-31-38(54)27(8)41-32(30)42(56)44(10,60-41)58-19-14-29(51)24(5)40(59-28(9)50)26(7)37(53)25(6)36(52)22(3)12-11-13-23(4)43(57)46-35(39(31)55)34(33)48-45/h11-14,19,21-22,24-26,29,36-37,40,51-55H,15-18,20H2,1-10H3,(H,46,57)/b12-11+,19-14+,23-13-. The fourth-order valence-electron chi connectivity index (χ4n) is 8.92. The van der Waals surface area contributed by atoms with Crippen LogP contribution in [0, 0.1) is 36.5 Å². The van der Waals surface area contributed by atoms with Crippen molar-refractivity contribution in [3.8, 4) is 17.2 Å². The van der Waals surface area contributed by atoms with Crippen molar-refractivity contribution < 1.29 is 54.1 Å². The number of hydrogen-bond donors (Lipinski definition) is 6. The SMILES string of the molecule is CC(=O)OC1C(C)C(O)/C=C/OC2(C)Oc3c(C)c(O)c4c(O)c(c5c(c4c3C2=O)=NC2(CCN(CC(C)C)CC2)N=5)NC(=O)/C(C)=C\C=C\C(C)C(O)C(C)C(O)C1C. The maximum atomic E-state index is 14.6. The number of piperidine rings is 1. The van der Waals surface area contributed by atoms with Crippen LogP contribution >= 0.6 is 0 Å². The summed E-state index contributed by atoms with van der Waals surface area (Å²) >= 11 is 0. The number of benzene rings is 2. The number of Topliss-reactive ketones (excluding diaryl/α,β-unsaturated/α-hetero) is 1. The fourth-order valence-corrected chi connectivity index (χ4v) is 8.92. The van der Waals surface area contributed by atoms with Crippen LogP contribution in [0.1, 0.15) is 91.1 Å². The summed E-state index contributed by atoms with van der Waals surface area (Å²) in [5, 5.41) is 61.1. The van der Waals surface area contributed by atoms with Crippen molar-refractivity contribution in [3.05, 3.63) is 58.0 Å². The van der Waals surface area contributed by atoms with Gasteiger partial charge in [0.05, 0.1) is 40.9 Å². The van der Waals surface area contributed by atoms with Gasteiger partial charge in [0.1, 0.15) is 28.6 Å². The molecule has 4 aliphatic heterocycles. The first-order valence-corrected chi connectivity index (χ1v) is 20.8. The second-order valence-electron chi connectivity index (χ2n) is 17.7. The number of fused-ring (bicyclic) bond motifs is 1. The Balaban J connectivity index is 1.53. The van der Waals surface area contributed by atoms with E-state index < -0.39 is 88.7 Å². The van der Waals surface area contributed by atoms with Crippen molar-refractivity contribution in [1.82, 2.24) is 4.90 Å². The third-order valence-corrected chi connectivity index (χ3v) is 12.6. The summed E-state index contributed by atoms with van der Waals surface area (Å²) in [6, 6.07) is 0. The summed E-state index contributed by atoms with van der Waals surface area (Å²) in [7, 11) is 0. The Hall–Kier alpha value is -4.83. The van der Waals surface area contributed by atoms with Crippen molar-refractivity contribution >= 4 is 34.1 Å². The molecule has 60 heavy (non-hydrogen) atoms. The maximum Gasteiger partial charge on any atom is 0.312 e. The molecule has 6 N–H and O–H groups in total. The molecular formula is C45H60N4O11. The number of esters is 1. The Morgan fingerprint density at radius 1 is 0.950 bits per heavy atom. The number of aliphatic hydroxyl groups excluding tert-OH is 3. The Morgan fingerprint density at radius 3 is 2.23 bits per heavy atom. The molecule has 2 aromatic rings. The Bertz CT molecular complexity index is 2280. The van der Waals surface area contributed by atoms with Gasteiger partial charge in [-0.15, -0.1) is 0 Å². The third kappa shape index (κ3) is 8.16. The number of aromatic hydroxyl groups is 2. The largest absolute Gasteiger partial charge is 0.507 e. The van der Waals surface area contributed by atoms with Gasteiger partial charge in [-0.3, -0.25) is 24.4 Å². The summed E-state index contributed by atoms with van der Waals surface area (Å²) < 4.78 is 17.8. The highest BCUT2D eigenvalue weighted by Gasteiger charge is 2.50. The lowest BCUT2D eigenvalue weighted by Crippen LogP contribution is -2.46. The number of aliphatic hydroxyl groups is 3. The molecule has 1 saturated heterocycles. The second kappa shape index (κ2) is 16.9. The zero-order valence-electron chi connectivity index (χ0n) is 36.1. The van der Waals surface area contributed by atoms with Crippen LogP contribution in [0.2, 0.25) is 0 Å². The van der Waals surface area contributed by atoms with Crippen LogP contribution in [-0.2, 0) is 19.1 Å². The van der Waals surface area contributed by atoms with E-state index in [9.17, 15) is 39.9 Å². The van der Waals surface area contributed by atoms with Gasteiger partial charge in [0.25, 0.3) is 11.7 Å².